The van der Waals surface area contributed by atoms with E-state index in [2.05, 4.69) is 114 Å². The van der Waals surface area contributed by atoms with Crippen LogP contribution < -0.4 is 0 Å². The van der Waals surface area contributed by atoms with E-state index in [1.807, 2.05) is 0 Å². The second kappa shape index (κ2) is 8.18. The predicted octanol–water partition coefficient (Wildman–Crippen LogP) is 7.17. The molecular formula is C27H29Zr. The molecule has 1 aliphatic carbocycles. The van der Waals surface area contributed by atoms with Gasteiger partial charge in [-0.15, -0.1) is 0 Å². The van der Waals surface area contributed by atoms with Gasteiger partial charge in [0.15, 0.2) is 0 Å². The van der Waals surface area contributed by atoms with Crippen molar-refractivity contribution in [2.45, 2.75) is 23.4 Å². The van der Waals surface area contributed by atoms with E-state index >= 15 is 0 Å². The molecular weight excluding hydrogens is 416 g/mol. The van der Waals surface area contributed by atoms with E-state index in [4.69, 9.17) is 0 Å². The Morgan fingerprint density at radius 1 is 0.607 bits per heavy atom. The molecule has 141 valence electrons. The van der Waals surface area contributed by atoms with Crippen LogP contribution in [0, 0.1) is 0 Å². The first kappa shape index (κ1) is 19.3. The fourth-order valence-corrected chi connectivity index (χ4v) is 21.6. The van der Waals surface area contributed by atoms with Gasteiger partial charge < -0.3 is 0 Å². The monoisotopic (exact) mass is 443 g/mol. The zero-order valence-electron chi connectivity index (χ0n) is 16.7. The van der Waals surface area contributed by atoms with Gasteiger partial charge in [0.05, 0.1) is 0 Å². The molecule has 0 N–H and O–H groups in total. The van der Waals surface area contributed by atoms with Crippen LogP contribution in [-0.4, -0.2) is 0 Å². The maximum atomic E-state index is 2.72. The van der Waals surface area contributed by atoms with Crippen molar-refractivity contribution in [2.24, 2.45) is 0 Å². The van der Waals surface area contributed by atoms with Crippen LogP contribution in [0.3, 0.4) is 0 Å². The van der Waals surface area contributed by atoms with Crippen molar-refractivity contribution in [2.75, 3.05) is 0 Å². The Bertz CT molecular complexity index is 864. The summed E-state index contributed by atoms with van der Waals surface area (Å²) >= 11 is -3.44. The molecule has 0 nitrogen and oxygen atoms in total. The summed E-state index contributed by atoms with van der Waals surface area (Å²) in [7, 11) is 0. The molecule has 0 amide bonds. The Kier molecular flexibility index (Phi) is 5.65. The van der Waals surface area contributed by atoms with Gasteiger partial charge in [-0.2, -0.15) is 0 Å². The van der Waals surface area contributed by atoms with Gasteiger partial charge in [-0.05, 0) is 0 Å². The molecule has 28 heavy (non-hydrogen) atoms. The molecule has 3 aromatic rings. The van der Waals surface area contributed by atoms with Gasteiger partial charge >= 0.3 is 171 Å². The van der Waals surface area contributed by atoms with E-state index in [9.17, 15) is 0 Å². The van der Waals surface area contributed by atoms with E-state index in [-0.39, 0.29) is 0 Å². The van der Waals surface area contributed by atoms with Crippen LogP contribution in [0.15, 0.2) is 113 Å². The van der Waals surface area contributed by atoms with Crippen LogP contribution in [0.2, 0.25) is 4.63 Å². The van der Waals surface area contributed by atoms with Crippen molar-refractivity contribution in [1.29, 1.82) is 0 Å². The number of allylic oxidation sites excluding steroid dienone is 4. The zero-order valence-corrected chi connectivity index (χ0v) is 19.2. The maximum absolute atomic E-state index is 3.44. The Labute approximate surface area is 170 Å². The van der Waals surface area contributed by atoms with Crippen molar-refractivity contribution >= 4 is 0 Å². The average molecular weight is 445 g/mol. The van der Waals surface area contributed by atoms with E-state index in [0.29, 0.717) is 0 Å². The van der Waals surface area contributed by atoms with Crippen LogP contribution in [0.4, 0.5) is 0 Å². The molecule has 0 saturated carbocycles. The summed E-state index contributed by atoms with van der Waals surface area (Å²) < 4.78 is 8.17. The van der Waals surface area contributed by atoms with Gasteiger partial charge in [-0.1, -0.05) is 0 Å². The minimum atomic E-state index is -3.44. The van der Waals surface area contributed by atoms with Gasteiger partial charge in [0.2, 0.25) is 0 Å². The molecule has 1 aliphatic rings. The number of benzene rings is 3. The standard InChI is InChI=1S/3C7H7.C5H5.CH3.Zr/c3*1-7-5-3-2-4-6-7;1-2-4-5-3-1;;/h3*2-6H,1H2;1-3H,4H2;1H3;. The Balaban J connectivity index is 1.85. The second-order valence-electron chi connectivity index (χ2n) is 8.90. The first-order valence-corrected chi connectivity index (χ1v) is 19.2. The summed E-state index contributed by atoms with van der Waals surface area (Å²) in [5, 5.41) is 0. The summed E-state index contributed by atoms with van der Waals surface area (Å²) in [4.78, 5) is 0. The summed E-state index contributed by atoms with van der Waals surface area (Å²) in [6.07, 6.45) is 8.23. The summed E-state index contributed by atoms with van der Waals surface area (Å²) in [6, 6.07) is 33.5. The third-order valence-electron chi connectivity index (χ3n) is 6.46. The first-order valence-electron chi connectivity index (χ1n) is 10.3. The second-order valence-corrected chi connectivity index (χ2v) is 25.8. The van der Waals surface area contributed by atoms with Crippen molar-refractivity contribution in [3.8, 4) is 0 Å². The normalized spacial score (nSPS) is 15.0. The van der Waals surface area contributed by atoms with Crippen LogP contribution in [0.25, 0.3) is 0 Å². The van der Waals surface area contributed by atoms with Crippen LogP contribution in [-0.2, 0) is 31.2 Å². The van der Waals surface area contributed by atoms with Crippen molar-refractivity contribution in [3.05, 3.63) is 129 Å². The molecule has 0 aliphatic heterocycles. The van der Waals surface area contributed by atoms with Gasteiger partial charge in [0.25, 0.3) is 0 Å². The van der Waals surface area contributed by atoms with Gasteiger partial charge in [-0.3, -0.25) is 0 Å². The van der Waals surface area contributed by atoms with E-state index in [0.717, 1.165) is 6.42 Å². The topological polar surface area (TPSA) is 0 Å². The molecule has 0 saturated heterocycles. The third kappa shape index (κ3) is 4.21. The van der Waals surface area contributed by atoms with E-state index in [1.165, 1.54) is 29.1 Å². The van der Waals surface area contributed by atoms with Crippen LogP contribution in [0.5, 0.6) is 0 Å². The molecule has 0 aromatic heterocycles. The number of hydrogen-bond donors (Lipinski definition) is 0. The summed E-state index contributed by atoms with van der Waals surface area (Å²) in [6.45, 7) is 0. The Morgan fingerprint density at radius 3 is 1.32 bits per heavy atom. The molecule has 4 rings (SSSR count). The van der Waals surface area contributed by atoms with Crippen molar-refractivity contribution in [3.63, 3.8) is 0 Å². The first-order chi connectivity index (χ1) is 13.6. The number of hydrogen-bond acceptors (Lipinski definition) is 0. The Morgan fingerprint density at radius 2 is 1.00 bits per heavy atom. The van der Waals surface area contributed by atoms with Crippen LogP contribution >= 0.6 is 0 Å². The van der Waals surface area contributed by atoms with E-state index < -0.39 is 18.8 Å². The average Bonchev–Trinajstić information content (AvgIpc) is 3.26. The molecule has 0 radical (unpaired) electrons. The fourth-order valence-electron chi connectivity index (χ4n) is 5.13. The molecule has 0 heterocycles. The van der Waals surface area contributed by atoms with Crippen LogP contribution in [0.1, 0.15) is 23.1 Å². The third-order valence-corrected chi connectivity index (χ3v) is 22.9. The molecule has 0 fully saturated rings. The molecule has 0 bridgehead atoms. The molecule has 0 spiro atoms. The number of rotatable bonds is 7. The molecule has 0 atom stereocenters. The molecule has 1 heteroatoms. The van der Waals surface area contributed by atoms with Gasteiger partial charge in [-0.25, -0.2) is 0 Å². The zero-order chi connectivity index (χ0) is 19.3. The minimum absolute atomic E-state index is 1.13. The quantitative estimate of drug-likeness (QED) is 0.362. The van der Waals surface area contributed by atoms with Crippen molar-refractivity contribution in [1.82, 2.24) is 0 Å². The summed E-state index contributed by atoms with van der Waals surface area (Å²) in [5.41, 5.74) is 4.49. The fraction of sp³-hybridized carbons (Fsp3) is 0.185. The Hall–Kier alpha value is -1.98. The van der Waals surface area contributed by atoms with Gasteiger partial charge in [0, 0.05) is 0 Å². The molecule has 3 aromatic carbocycles. The SMILES string of the molecule is [CH3][Zr]([CH2]c1ccccc1)([CH2]c1ccccc1)([CH2]c1ccccc1)[C]1=CC=CC1. The summed E-state index contributed by atoms with van der Waals surface area (Å²) in [5.74, 6) is 0. The van der Waals surface area contributed by atoms with Crippen molar-refractivity contribution < 1.29 is 18.8 Å². The van der Waals surface area contributed by atoms with E-state index in [1.54, 1.807) is 3.28 Å². The molecule has 0 unspecified atom stereocenters. The van der Waals surface area contributed by atoms with Gasteiger partial charge in [0.1, 0.15) is 0 Å². The predicted molar refractivity (Wildman–Crippen MR) is 118 cm³/mol.